The molecule has 0 amide bonds. The molecule has 1 rings (SSSR count). The van der Waals surface area contributed by atoms with Gasteiger partial charge in [0.1, 0.15) is 10.9 Å². The molecule has 18 heavy (non-hydrogen) atoms. The molecule has 0 saturated heterocycles. The van der Waals surface area contributed by atoms with Crippen molar-refractivity contribution in [2.24, 2.45) is 0 Å². The van der Waals surface area contributed by atoms with Gasteiger partial charge in [-0.3, -0.25) is 4.79 Å². The normalized spacial score (nSPS) is 13.9. The molecule has 0 fully saturated rings. The van der Waals surface area contributed by atoms with E-state index in [1.807, 2.05) is 30.3 Å². The Morgan fingerprint density at radius 3 is 2.67 bits per heavy atom. The Morgan fingerprint density at radius 1 is 1.39 bits per heavy atom. The van der Waals surface area contributed by atoms with Crippen molar-refractivity contribution < 1.29 is 19.4 Å². The minimum Gasteiger partial charge on any atom is -0.465 e. The number of aliphatic hydroxyl groups excluding tert-OH is 1. The van der Waals surface area contributed by atoms with Gasteiger partial charge in [-0.1, -0.05) is 46.3 Å². The second-order valence-electron chi connectivity index (χ2n) is 3.72. The minimum atomic E-state index is -0.923. The van der Waals surface area contributed by atoms with E-state index in [2.05, 4.69) is 15.9 Å². The first-order valence-corrected chi connectivity index (χ1v) is 6.67. The van der Waals surface area contributed by atoms with Crippen molar-refractivity contribution >= 4 is 21.9 Å². The number of esters is 1. The first-order valence-electron chi connectivity index (χ1n) is 5.75. The molecule has 100 valence electrons. The van der Waals surface area contributed by atoms with E-state index in [-0.39, 0.29) is 6.61 Å². The average Bonchev–Trinajstić information content (AvgIpc) is 2.39. The first-order chi connectivity index (χ1) is 8.65. The number of hydrogen-bond acceptors (Lipinski definition) is 4. The number of hydrogen-bond donors (Lipinski definition) is 1. The van der Waals surface area contributed by atoms with E-state index < -0.39 is 16.9 Å². The molecule has 4 nitrogen and oxygen atoms in total. The van der Waals surface area contributed by atoms with Gasteiger partial charge in [0.25, 0.3) is 0 Å². The average molecular weight is 317 g/mol. The molecule has 0 aliphatic carbocycles. The highest BCUT2D eigenvalue weighted by Crippen LogP contribution is 2.10. The third-order valence-electron chi connectivity index (χ3n) is 2.25. The summed E-state index contributed by atoms with van der Waals surface area (Å²) in [4.78, 5) is 10.6. The predicted molar refractivity (Wildman–Crippen MR) is 71.5 cm³/mol. The summed E-state index contributed by atoms with van der Waals surface area (Å²) in [5.74, 6) is -0.478. The minimum absolute atomic E-state index is 0.0730. The molecule has 0 aliphatic heterocycles. The van der Waals surface area contributed by atoms with Crippen molar-refractivity contribution in [3.63, 3.8) is 0 Å². The maximum absolute atomic E-state index is 11.3. The number of rotatable bonds is 7. The van der Waals surface area contributed by atoms with Gasteiger partial charge in [-0.25, -0.2) is 0 Å². The Balaban J connectivity index is 2.28. The number of ether oxygens (including phenoxy) is 2. The van der Waals surface area contributed by atoms with Gasteiger partial charge in [-0.15, -0.1) is 0 Å². The van der Waals surface area contributed by atoms with Gasteiger partial charge in [0.05, 0.1) is 19.8 Å². The fraction of sp³-hybridized carbons (Fsp3) is 0.462. The summed E-state index contributed by atoms with van der Waals surface area (Å²) < 4.78 is 10.1. The van der Waals surface area contributed by atoms with Crippen molar-refractivity contribution in [2.75, 3.05) is 13.2 Å². The predicted octanol–water partition coefficient (Wildman–Crippen LogP) is 1.89. The molecular weight excluding hydrogens is 300 g/mol. The van der Waals surface area contributed by atoms with Gasteiger partial charge in [-0.2, -0.15) is 0 Å². The van der Waals surface area contributed by atoms with Crippen LogP contribution in [0.3, 0.4) is 0 Å². The molecule has 1 aromatic rings. The fourth-order valence-electron chi connectivity index (χ4n) is 1.34. The Bertz CT molecular complexity index is 355. The van der Waals surface area contributed by atoms with Crippen LogP contribution in [-0.4, -0.2) is 35.2 Å². The standard InChI is InChI=1S/C13H17BrO4/c1-2-18-13(16)12(14)11(15)9-17-8-10-6-4-3-5-7-10/h3-7,11-12,15H,2,8-9H2,1H3/t11-,12-/m1/s1. The van der Waals surface area contributed by atoms with Gasteiger partial charge in [-0.05, 0) is 12.5 Å². The van der Waals surface area contributed by atoms with Crippen LogP contribution in [0, 0.1) is 0 Å². The molecule has 0 radical (unpaired) electrons. The van der Waals surface area contributed by atoms with Crippen LogP contribution in [0.15, 0.2) is 30.3 Å². The maximum atomic E-state index is 11.3. The SMILES string of the molecule is CCOC(=O)[C@H](Br)[C@H](O)COCc1ccccc1. The molecule has 0 saturated carbocycles. The summed E-state index contributed by atoms with van der Waals surface area (Å²) in [5.41, 5.74) is 1.02. The van der Waals surface area contributed by atoms with Crippen molar-refractivity contribution in [3.8, 4) is 0 Å². The van der Waals surface area contributed by atoms with Gasteiger partial charge in [0.2, 0.25) is 0 Å². The summed E-state index contributed by atoms with van der Waals surface area (Å²) in [7, 11) is 0. The van der Waals surface area contributed by atoms with Crippen LogP contribution in [0.4, 0.5) is 0 Å². The van der Waals surface area contributed by atoms with Crippen molar-refractivity contribution in [3.05, 3.63) is 35.9 Å². The number of benzene rings is 1. The highest BCUT2D eigenvalue weighted by molar-refractivity contribution is 9.10. The molecule has 0 unspecified atom stereocenters. The van der Waals surface area contributed by atoms with Crippen molar-refractivity contribution in [1.82, 2.24) is 0 Å². The lowest BCUT2D eigenvalue weighted by Crippen LogP contribution is -2.33. The molecule has 1 N–H and O–H groups in total. The number of halogens is 1. The third-order valence-corrected chi connectivity index (χ3v) is 3.23. The van der Waals surface area contributed by atoms with Crippen LogP contribution < -0.4 is 0 Å². The molecule has 1 aromatic carbocycles. The molecule has 0 heterocycles. The van der Waals surface area contributed by atoms with E-state index in [9.17, 15) is 9.90 Å². The van der Waals surface area contributed by atoms with E-state index in [0.29, 0.717) is 13.2 Å². The largest absolute Gasteiger partial charge is 0.465 e. The lowest BCUT2D eigenvalue weighted by molar-refractivity contribution is -0.145. The maximum Gasteiger partial charge on any atom is 0.322 e. The van der Waals surface area contributed by atoms with E-state index in [1.54, 1.807) is 6.92 Å². The second kappa shape index (κ2) is 8.24. The number of alkyl halides is 1. The third kappa shape index (κ3) is 5.16. The molecule has 5 heteroatoms. The van der Waals surface area contributed by atoms with Crippen molar-refractivity contribution in [1.29, 1.82) is 0 Å². The number of carbonyl (C=O) groups excluding carboxylic acids is 1. The summed E-state index contributed by atoms with van der Waals surface area (Å²) in [5, 5.41) is 9.72. The Labute approximate surface area is 115 Å². The molecular formula is C13H17BrO4. The summed E-state index contributed by atoms with van der Waals surface area (Å²) in [6, 6.07) is 9.63. The molecule has 2 atom stereocenters. The van der Waals surface area contributed by atoms with E-state index in [0.717, 1.165) is 5.56 Å². The molecule has 0 bridgehead atoms. The van der Waals surface area contributed by atoms with Crippen LogP contribution in [0.1, 0.15) is 12.5 Å². The highest BCUT2D eigenvalue weighted by Gasteiger charge is 2.25. The van der Waals surface area contributed by atoms with Crippen LogP contribution in [0.25, 0.3) is 0 Å². The lowest BCUT2D eigenvalue weighted by Gasteiger charge is -2.16. The van der Waals surface area contributed by atoms with Gasteiger partial charge < -0.3 is 14.6 Å². The Hall–Kier alpha value is -0.910. The van der Waals surface area contributed by atoms with Gasteiger partial charge in [0.15, 0.2) is 0 Å². The van der Waals surface area contributed by atoms with E-state index >= 15 is 0 Å². The second-order valence-corrected chi connectivity index (χ2v) is 4.71. The van der Waals surface area contributed by atoms with Crippen LogP contribution >= 0.6 is 15.9 Å². The lowest BCUT2D eigenvalue weighted by atomic mass is 10.2. The van der Waals surface area contributed by atoms with Crippen LogP contribution in [-0.2, 0) is 20.9 Å². The summed E-state index contributed by atoms with van der Waals surface area (Å²) in [6.45, 7) is 2.48. The topological polar surface area (TPSA) is 55.8 Å². The van der Waals surface area contributed by atoms with Gasteiger partial charge >= 0.3 is 5.97 Å². The summed E-state index contributed by atoms with van der Waals surface area (Å²) in [6.07, 6.45) is -0.923. The molecule has 0 aromatic heterocycles. The quantitative estimate of drug-likeness (QED) is 0.616. The van der Waals surface area contributed by atoms with Crippen molar-refractivity contribution in [2.45, 2.75) is 24.5 Å². The Kier molecular flexibility index (Phi) is 6.93. The summed E-state index contributed by atoms with van der Waals surface area (Å²) >= 11 is 3.09. The first kappa shape index (κ1) is 15.1. The number of carbonyl (C=O) groups is 1. The van der Waals surface area contributed by atoms with E-state index in [4.69, 9.17) is 9.47 Å². The Morgan fingerprint density at radius 2 is 2.06 bits per heavy atom. The zero-order valence-electron chi connectivity index (χ0n) is 10.2. The monoisotopic (exact) mass is 316 g/mol. The zero-order valence-corrected chi connectivity index (χ0v) is 11.8. The number of aliphatic hydroxyl groups is 1. The zero-order chi connectivity index (χ0) is 13.4. The molecule has 0 spiro atoms. The molecule has 0 aliphatic rings. The smallest absolute Gasteiger partial charge is 0.322 e. The highest BCUT2D eigenvalue weighted by atomic mass is 79.9. The van der Waals surface area contributed by atoms with Gasteiger partial charge in [0, 0.05) is 0 Å². The van der Waals surface area contributed by atoms with E-state index in [1.165, 1.54) is 0 Å². The van der Waals surface area contributed by atoms with Crippen LogP contribution in [0.2, 0.25) is 0 Å². The van der Waals surface area contributed by atoms with Crippen LogP contribution in [0.5, 0.6) is 0 Å². The fourth-order valence-corrected chi connectivity index (χ4v) is 1.62.